The number of nitrogens with zero attached hydrogens (tertiary/aromatic N) is 1. The number of fused-ring (bicyclic) bond motifs is 1. The summed E-state index contributed by atoms with van der Waals surface area (Å²) >= 11 is 0. The highest BCUT2D eigenvalue weighted by molar-refractivity contribution is 5.97. The minimum atomic E-state index is -0.225. The Morgan fingerprint density at radius 2 is 1.85 bits per heavy atom. The first-order valence-electron chi connectivity index (χ1n) is 8.53. The van der Waals surface area contributed by atoms with Crippen LogP contribution in [0, 0.1) is 6.92 Å². The highest BCUT2D eigenvalue weighted by atomic mass is 16.6. The summed E-state index contributed by atoms with van der Waals surface area (Å²) in [6.45, 7) is 4.78. The highest BCUT2D eigenvalue weighted by Crippen LogP contribution is 2.34. The van der Waals surface area contributed by atoms with Gasteiger partial charge in [-0.25, -0.2) is 0 Å². The molecule has 0 spiro atoms. The fourth-order valence-corrected chi connectivity index (χ4v) is 2.81. The molecule has 136 valence electrons. The van der Waals surface area contributed by atoms with Gasteiger partial charge in [-0.3, -0.25) is 9.59 Å². The van der Waals surface area contributed by atoms with E-state index in [0.29, 0.717) is 36.9 Å². The molecule has 3 rings (SSSR count). The monoisotopic (exact) mass is 354 g/mol. The predicted molar refractivity (Wildman–Crippen MR) is 98.5 cm³/mol. The van der Waals surface area contributed by atoms with Gasteiger partial charge < -0.3 is 19.7 Å². The smallest absolute Gasteiger partial charge is 0.240 e. The third-order valence-corrected chi connectivity index (χ3v) is 4.09. The number of anilines is 1. The fraction of sp³-hybridized carbons (Fsp3) is 0.300. The van der Waals surface area contributed by atoms with Crippen LogP contribution in [-0.4, -0.2) is 31.6 Å². The van der Waals surface area contributed by atoms with Gasteiger partial charge in [0.05, 0.1) is 0 Å². The average Bonchev–Trinajstić information content (AvgIpc) is 2.64. The van der Waals surface area contributed by atoms with Crippen LogP contribution in [0.4, 0.5) is 5.69 Å². The summed E-state index contributed by atoms with van der Waals surface area (Å²) < 4.78 is 11.0. The number of amides is 2. The number of aryl methyl sites for hydroxylation is 1. The number of carbonyl (C=O) groups excluding carboxylic acids is 2. The molecule has 6 nitrogen and oxygen atoms in total. The van der Waals surface area contributed by atoms with E-state index in [-0.39, 0.29) is 18.4 Å². The predicted octanol–water partition coefficient (Wildman–Crippen LogP) is 2.44. The fourth-order valence-electron chi connectivity index (χ4n) is 2.81. The molecule has 2 amide bonds. The number of hydrogen-bond acceptors (Lipinski definition) is 4. The van der Waals surface area contributed by atoms with Crippen LogP contribution in [0.1, 0.15) is 18.1 Å². The van der Waals surface area contributed by atoms with Crippen LogP contribution in [0.25, 0.3) is 0 Å². The SMILES string of the molecule is CC(=O)N(CC(=O)NCc1cccc(C)c1)c1ccc2c(c1)OCCO2. The molecule has 0 aliphatic carbocycles. The Morgan fingerprint density at radius 1 is 1.08 bits per heavy atom. The van der Waals surface area contributed by atoms with Crippen LogP contribution in [-0.2, 0) is 16.1 Å². The largest absolute Gasteiger partial charge is 0.486 e. The first kappa shape index (κ1) is 17.8. The maximum atomic E-state index is 12.3. The van der Waals surface area contributed by atoms with Gasteiger partial charge >= 0.3 is 0 Å². The van der Waals surface area contributed by atoms with Crippen molar-refractivity contribution >= 4 is 17.5 Å². The summed E-state index contributed by atoms with van der Waals surface area (Å²) in [7, 11) is 0. The maximum Gasteiger partial charge on any atom is 0.240 e. The van der Waals surface area contributed by atoms with E-state index in [4.69, 9.17) is 9.47 Å². The second-order valence-corrected chi connectivity index (χ2v) is 6.20. The normalized spacial score (nSPS) is 12.4. The van der Waals surface area contributed by atoms with Gasteiger partial charge in [0.1, 0.15) is 19.8 Å². The molecule has 6 heteroatoms. The molecule has 0 saturated heterocycles. The molecule has 0 unspecified atom stereocenters. The maximum absolute atomic E-state index is 12.3. The molecule has 0 fully saturated rings. The van der Waals surface area contributed by atoms with Crippen molar-refractivity contribution in [1.82, 2.24) is 5.32 Å². The zero-order chi connectivity index (χ0) is 18.5. The first-order valence-corrected chi connectivity index (χ1v) is 8.53. The summed E-state index contributed by atoms with van der Waals surface area (Å²) in [6.07, 6.45) is 0. The quantitative estimate of drug-likeness (QED) is 0.895. The first-order chi connectivity index (χ1) is 12.5. The van der Waals surface area contributed by atoms with E-state index in [9.17, 15) is 9.59 Å². The minimum Gasteiger partial charge on any atom is -0.486 e. The van der Waals surface area contributed by atoms with E-state index in [1.165, 1.54) is 11.8 Å². The number of benzene rings is 2. The Kier molecular flexibility index (Phi) is 5.41. The van der Waals surface area contributed by atoms with Crippen molar-refractivity contribution in [3.8, 4) is 11.5 Å². The molecule has 0 aromatic heterocycles. The molecule has 1 heterocycles. The lowest BCUT2D eigenvalue weighted by molar-refractivity contribution is -0.123. The standard InChI is InChI=1S/C20H22N2O4/c1-14-4-3-5-16(10-14)12-21-20(24)13-22(15(2)23)17-6-7-18-19(11-17)26-9-8-25-18/h3-7,10-11H,8-9,12-13H2,1-2H3,(H,21,24). The molecule has 0 atom stereocenters. The molecule has 2 aromatic carbocycles. The summed E-state index contributed by atoms with van der Waals surface area (Å²) in [4.78, 5) is 25.8. The van der Waals surface area contributed by atoms with Gasteiger partial charge in [0, 0.05) is 25.2 Å². The van der Waals surface area contributed by atoms with Crippen molar-refractivity contribution in [2.45, 2.75) is 20.4 Å². The van der Waals surface area contributed by atoms with E-state index >= 15 is 0 Å². The zero-order valence-corrected chi connectivity index (χ0v) is 15.0. The average molecular weight is 354 g/mol. The Labute approximate surface area is 152 Å². The lowest BCUT2D eigenvalue weighted by Gasteiger charge is -2.24. The molecule has 26 heavy (non-hydrogen) atoms. The molecular weight excluding hydrogens is 332 g/mol. The lowest BCUT2D eigenvalue weighted by Crippen LogP contribution is -2.39. The van der Waals surface area contributed by atoms with E-state index in [0.717, 1.165) is 11.1 Å². The third kappa shape index (κ3) is 4.33. The van der Waals surface area contributed by atoms with Gasteiger partial charge in [0.25, 0.3) is 0 Å². The molecule has 1 aliphatic rings. The third-order valence-electron chi connectivity index (χ3n) is 4.09. The number of hydrogen-bond donors (Lipinski definition) is 1. The number of nitrogens with one attached hydrogen (secondary N) is 1. The van der Waals surface area contributed by atoms with Crippen LogP contribution in [0.2, 0.25) is 0 Å². The Balaban J connectivity index is 1.66. The molecule has 0 saturated carbocycles. The van der Waals surface area contributed by atoms with Gasteiger partial charge in [-0.1, -0.05) is 29.8 Å². The summed E-state index contributed by atoms with van der Waals surface area (Å²) in [5, 5.41) is 2.85. The number of carbonyl (C=O) groups is 2. The van der Waals surface area contributed by atoms with Crippen molar-refractivity contribution in [2.24, 2.45) is 0 Å². The number of rotatable bonds is 5. The Hall–Kier alpha value is -3.02. The van der Waals surface area contributed by atoms with Crippen LogP contribution < -0.4 is 19.7 Å². The highest BCUT2D eigenvalue weighted by Gasteiger charge is 2.19. The van der Waals surface area contributed by atoms with Crippen molar-refractivity contribution in [3.63, 3.8) is 0 Å². The van der Waals surface area contributed by atoms with Gasteiger partial charge in [0.2, 0.25) is 11.8 Å². The summed E-state index contributed by atoms with van der Waals surface area (Å²) in [5.74, 6) is 0.788. The van der Waals surface area contributed by atoms with Crippen molar-refractivity contribution in [3.05, 3.63) is 53.6 Å². The molecule has 1 N–H and O–H groups in total. The molecule has 0 radical (unpaired) electrons. The molecule has 0 bridgehead atoms. The summed E-state index contributed by atoms with van der Waals surface area (Å²) in [5.41, 5.74) is 2.76. The lowest BCUT2D eigenvalue weighted by atomic mass is 10.1. The van der Waals surface area contributed by atoms with Crippen molar-refractivity contribution in [1.29, 1.82) is 0 Å². The van der Waals surface area contributed by atoms with Crippen LogP contribution in [0.15, 0.2) is 42.5 Å². The Bertz CT molecular complexity index is 819. The van der Waals surface area contributed by atoms with E-state index in [1.807, 2.05) is 31.2 Å². The van der Waals surface area contributed by atoms with Gasteiger partial charge in [-0.05, 0) is 24.6 Å². The topological polar surface area (TPSA) is 67.9 Å². The van der Waals surface area contributed by atoms with Gasteiger partial charge in [-0.2, -0.15) is 0 Å². The van der Waals surface area contributed by atoms with Crippen molar-refractivity contribution in [2.75, 3.05) is 24.7 Å². The second kappa shape index (κ2) is 7.91. The van der Waals surface area contributed by atoms with E-state index in [2.05, 4.69) is 5.32 Å². The van der Waals surface area contributed by atoms with Crippen LogP contribution in [0.5, 0.6) is 11.5 Å². The number of ether oxygens (including phenoxy) is 2. The van der Waals surface area contributed by atoms with Gasteiger partial charge in [-0.15, -0.1) is 0 Å². The van der Waals surface area contributed by atoms with Crippen LogP contribution >= 0.6 is 0 Å². The Morgan fingerprint density at radius 3 is 2.58 bits per heavy atom. The van der Waals surface area contributed by atoms with Crippen LogP contribution in [0.3, 0.4) is 0 Å². The molecule has 1 aliphatic heterocycles. The minimum absolute atomic E-state index is 0.0548. The van der Waals surface area contributed by atoms with Crippen molar-refractivity contribution < 1.29 is 19.1 Å². The van der Waals surface area contributed by atoms with E-state index < -0.39 is 0 Å². The second-order valence-electron chi connectivity index (χ2n) is 6.20. The zero-order valence-electron chi connectivity index (χ0n) is 15.0. The van der Waals surface area contributed by atoms with Gasteiger partial charge in [0.15, 0.2) is 11.5 Å². The van der Waals surface area contributed by atoms with E-state index in [1.54, 1.807) is 18.2 Å². The summed E-state index contributed by atoms with van der Waals surface area (Å²) in [6, 6.07) is 13.2. The molecular formula is C20H22N2O4. The molecule has 2 aromatic rings.